The molecule has 0 radical (unpaired) electrons. The first-order valence-electron chi connectivity index (χ1n) is 6.36. The smallest absolute Gasteiger partial charge is 0.306 e. The molecule has 0 saturated carbocycles. The topological polar surface area (TPSA) is 101 Å². The number of hydrogen-bond donors (Lipinski definition) is 1. The molecule has 1 saturated heterocycles. The summed E-state index contributed by atoms with van der Waals surface area (Å²) in [7, 11) is -4.00. The van der Waals surface area contributed by atoms with Crippen molar-refractivity contribution in [2.24, 2.45) is 0 Å². The van der Waals surface area contributed by atoms with E-state index in [9.17, 15) is 28.0 Å². The lowest BCUT2D eigenvalue weighted by molar-refractivity contribution is -0.387. The average Bonchev–Trinajstić information content (AvgIpc) is 2.37. The van der Waals surface area contributed by atoms with Gasteiger partial charge in [-0.3, -0.25) is 10.1 Å². The lowest BCUT2D eigenvalue weighted by atomic mass is 10.1. The second-order valence-electron chi connectivity index (χ2n) is 4.99. The van der Waals surface area contributed by atoms with Gasteiger partial charge < -0.3 is 5.11 Å². The Morgan fingerprint density at radius 1 is 1.48 bits per heavy atom. The number of nitrogens with zero attached hydrogens (tertiary/aromatic N) is 2. The van der Waals surface area contributed by atoms with Crippen LogP contribution in [0, 0.1) is 22.9 Å². The zero-order valence-corrected chi connectivity index (χ0v) is 12.1. The Morgan fingerprint density at radius 3 is 2.71 bits per heavy atom. The Bertz CT molecular complexity index is 676. The number of sulfonamides is 1. The molecule has 7 nitrogen and oxygen atoms in total. The highest BCUT2D eigenvalue weighted by Crippen LogP contribution is 2.28. The number of nitro groups is 1. The fourth-order valence-electron chi connectivity index (χ4n) is 2.34. The van der Waals surface area contributed by atoms with Crippen molar-refractivity contribution in [1.82, 2.24) is 4.31 Å². The largest absolute Gasteiger partial charge is 0.392 e. The van der Waals surface area contributed by atoms with Crippen molar-refractivity contribution in [2.75, 3.05) is 13.1 Å². The second kappa shape index (κ2) is 5.66. The summed E-state index contributed by atoms with van der Waals surface area (Å²) >= 11 is 0. The summed E-state index contributed by atoms with van der Waals surface area (Å²) in [6, 6.07) is 1.58. The van der Waals surface area contributed by atoms with Gasteiger partial charge in [-0.05, 0) is 31.4 Å². The van der Waals surface area contributed by atoms with Crippen molar-refractivity contribution in [3.05, 3.63) is 33.6 Å². The molecule has 1 N–H and O–H groups in total. The number of hydrogen-bond acceptors (Lipinski definition) is 5. The zero-order chi connectivity index (χ0) is 15.8. The van der Waals surface area contributed by atoms with Crippen LogP contribution >= 0.6 is 0 Å². The van der Waals surface area contributed by atoms with Gasteiger partial charge in [0.15, 0.2) is 0 Å². The molecule has 0 spiro atoms. The van der Waals surface area contributed by atoms with Gasteiger partial charge >= 0.3 is 5.69 Å². The van der Waals surface area contributed by atoms with E-state index in [0.717, 1.165) is 16.4 Å². The van der Waals surface area contributed by atoms with E-state index in [4.69, 9.17) is 0 Å². The van der Waals surface area contributed by atoms with Crippen molar-refractivity contribution in [2.45, 2.75) is 30.8 Å². The maximum absolute atomic E-state index is 13.5. The SMILES string of the molecule is Cc1cc(F)c([N+](=O)[O-])cc1S(=O)(=O)N1CCCC(O)C1. The van der Waals surface area contributed by atoms with E-state index in [1.807, 2.05) is 0 Å². The summed E-state index contributed by atoms with van der Waals surface area (Å²) in [5, 5.41) is 20.3. The van der Waals surface area contributed by atoms with Crippen molar-refractivity contribution >= 4 is 15.7 Å². The molecule has 0 aromatic heterocycles. The van der Waals surface area contributed by atoms with E-state index in [-0.39, 0.29) is 23.5 Å². The van der Waals surface area contributed by atoms with Gasteiger partial charge in [-0.15, -0.1) is 0 Å². The first-order valence-corrected chi connectivity index (χ1v) is 7.80. The Balaban J connectivity index is 2.49. The van der Waals surface area contributed by atoms with Gasteiger partial charge in [0, 0.05) is 19.2 Å². The molecule has 116 valence electrons. The van der Waals surface area contributed by atoms with Crippen LogP contribution in [0.15, 0.2) is 17.0 Å². The molecule has 9 heteroatoms. The summed E-state index contributed by atoms with van der Waals surface area (Å²) in [6.45, 7) is 1.54. The number of aliphatic hydroxyl groups is 1. The van der Waals surface area contributed by atoms with Gasteiger partial charge in [0.1, 0.15) is 0 Å². The van der Waals surface area contributed by atoms with Crippen LogP contribution in [0.2, 0.25) is 0 Å². The fourth-order valence-corrected chi connectivity index (χ4v) is 4.08. The monoisotopic (exact) mass is 318 g/mol. The number of benzene rings is 1. The number of halogens is 1. The van der Waals surface area contributed by atoms with Crippen molar-refractivity contribution in [3.63, 3.8) is 0 Å². The molecule has 1 heterocycles. The Labute approximate surface area is 121 Å². The molecule has 2 rings (SSSR count). The molecule has 1 atom stereocenters. The second-order valence-corrected chi connectivity index (χ2v) is 6.89. The predicted molar refractivity (Wildman–Crippen MR) is 71.8 cm³/mol. The van der Waals surface area contributed by atoms with Gasteiger partial charge in [0.2, 0.25) is 15.8 Å². The zero-order valence-electron chi connectivity index (χ0n) is 11.3. The quantitative estimate of drug-likeness (QED) is 0.666. The van der Waals surface area contributed by atoms with Gasteiger partial charge in [-0.2, -0.15) is 8.70 Å². The standard InChI is InChI=1S/C12H15FN2O5S/c1-8-5-10(13)11(15(17)18)6-12(8)21(19,20)14-4-2-3-9(16)7-14/h5-6,9,16H,2-4,7H2,1H3. The number of aryl methyl sites for hydroxylation is 1. The normalized spacial score (nSPS) is 20.4. The number of β-amino-alcohol motifs (C(OH)–C–C–N with tert-alkyl or cyclic N) is 1. The van der Waals surface area contributed by atoms with E-state index in [1.165, 1.54) is 6.92 Å². The minimum absolute atomic E-state index is 0.0626. The van der Waals surface area contributed by atoms with E-state index in [2.05, 4.69) is 0 Å². The van der Waals surface area contributed by atoms with Crippen LogP contribution in [0.1, 0.15) is 18.4 Å². The van der Waals surface area contributed by atoms with Crippen LogP contribution in [-0.2, 0) is 10.0 Å². The summed E-state index contributed by atoms with van der Waals surface area (Å²) in [6.07, 6.45) is 0.251. The Morgan fingerprint density at radius 2 is 2.14 bits per heavy atom. The molecule has 1 aliphatic heterocycles. The van der Waals surface area contributed by atoms with E-state index >= 15 is 0 Å². The number of piperidine rings is 1. The van der Waals surface area contributed by atoms with Gasteiger partial charge in [0.05, 0.1) is 15.9 Å². The van der Waals surface area contributed by atoms with Crippen molar-refractivity contribution < 1.29 is 22.8 Å². The molecule has 1 aromatic carbocycles. The van der Waals surface area contributed by atoms with E-state index < -0.39 is 32.6 Å². The molecule has 1 unspecified atom stereocenters. The van der Waals surface area contributed by atoms with Crippen molar-refractivity contribution in [3.8, 4) is 0 Å². The molecule has 0 bridgehead atoms. The third kappa shape index (κ3) is 3.04. The number of rotatable bonds is 3. The van der Waals surface area contributed by atoms with Crippen LogP contribution in [0.5, 0.6) is 0 Å². The average molecular weight is 318 g/mol. The summed E-state index contributed by atoms with van der Waals surface area (Å²) < 4.78 is 39.6. The molecule has 1 aromatic rings. The maximum Gasteiger partial charge on any atom is 0.306 e. The lowest BCUT2D eigenvalue weighted by Gasteiger charge is -2.29. The van der Waals surface area contributed by atoms with Crippen LogP contribution in [0.25, 0.3) is 0 Å². The molecular formula is C12H15FN2O5S. The van der Waals surface area contributed by atoms with Crippen LogP contribution in [-0.4, -0.2) is 41.9 Å². The Kier molecular flexibility index (Phi) is 4.26. The first-order chi connectivity index (χ1) is 9.73. The van der Waals surface area contributed by atoms with Crippen LogP contribution < -0.4 is 0 Å². The highest BCUT2D eigenvalue weighted by Gasteiger charge is 2.32. The maximum atomic E-state index is 13.5. The van der Waals surface area contributed by atoms with Crippen molar-refractivity contribution in [1.29, 1.82) is 0 Å². The molecule has 21 heavy (non-hydrogen) atoms. The lowest BCUT2D eigenvalue weighted by Crippen LogP contribution is -2.42. The molecule has 1 aliphatic rings. The molecule has 0 aliphatic carbocycles. The third-order valence-corrected chi connectivity index (χ3v) is 5.43. The summed E-state index contributed by atoms with van der Waals surface area (Å²) in [4.78, 5) is 9.50. The summed E-state index contributed by atoms with van der Waals surface area (Å²) in [5.74, 6) is -1.07. The minimum atomic E-state index is -4.00. The number of nitro benzene ring substituents is 1. The van der Waals surface area contributed by atoms with Gasteiger partial charge in [-0.1, -0.05) is 0 Å². The van der Waals surface area contributed by atoms with Gasteiger partial charge in [-0.25, -0.2) is 8.42 Å². The molecule has 0 amide bonds. The predicted octanol–water partition coefficient (Wildman–Crippen LogP) is 1.19. The van der Waals surface area contributed by atoms with Gasteiger partial charge in [0.25, 0.3) is 0 Å². The van der Waals surface area contributed by atoms with Crippen LogP contribution in [0.4, 0.5) is 10.1 Å². The first kappa shape index (κ1) is 15.8. The minimum Gasteiger partial charge on any atom is -0.392 e. The highest BCUT2D eigenvalue weighted by atomic mass is 32.2. The molecular weight excluding hydrogens is 303 g/mol. The fraction of sp³-hybridized carbons (Fsp3) is 0.500. The Hall–Kier alpha value is -1.58. The molecule has 1 fully saturated rings. The summed E-state index contributed by atoms with van der Waals surface area (Å²) in [5.41, 5.74) is -0.783. The third-order valence-electron chi connectivity index (χ3n) is 3.42. The van der Waals surface area contributed by atoms with E-state index in [0.29, 0.717) is 12.8 Å². The highest BCUT2D eigenvalue weighted by molar-refractivity contribution is 7.89. The van der Waals surface area contributed by atoms with E-state index in [1.54, 1.807) is 0 Å². The van der Waals surface area contributed by atoms with Crippen LogP contribution in [0.3, 0.4) is 0 Å². The number of aliphatic hydroxyl groups excluding tert-OH is 1.